The van der Waals surface area contributed by atoms with E-state index < -0.39 is 0 Å². The minimum absolute atomic E-state index is 0.0383. The van der Waals surface area contributed by atoms with Crippen LogP contribution in [0.25, 0.3) is 0 Å². The Morgan fingerprint density at radius 1 is 1.17 bits per heavy atom. The van der Waals surface area contributed by atoms with Gasteiger partial charge in [-0.15, -0.1) is 0 Å². The van der Waals surface area contributed by atoms with Gasteiger partial charge in [-0.05, 0) is 50.7 Å². The molecule has 1 aromatic rings. The molecule has 3 rings (SSSR count). The Kier molecular flexibility index (Phi) is 5.56. The van der Waals surface area contributed by atoms with Crippen molar-refractivity contribution in [2.45, 2.75) is 57.2 Å². The number of nitrogens with one attached hydrogen (secondary N) is 2. The fourth-order valence-corrected chi connectivity index (χ4v) is 3.60. The number of anilines is 1. The van der Waals surface area contributed by atoms with Gasteiger partial charge in [0.2, 0.25) is 0 Å². The molecule has 1 saturated heterocycles. The maximum atomic E-state index is 12.2. The van der Waals surface area contributed by atoms with Gasteiger partial charge in [0.05, 0.1) is 6.10 Å². The SMILES string of the molecule is CO[C@@H]1CC[C@H](NC(=O)NC2CCN(c3ccc(C)cn3)CC2)C1. The van der Waals surface area contributed by atoms with Crippen molar-refractivity contribution in [1.29, 1.82) is 0 Å². The van der Waals surface area contributed by atoms with Gasteiger partial charge in [-0.1, -0.05) is 6.07 Å². The number of amides is 2. The molecule has 6 nitrogen and oxygen atoms in total. The quantitative estimate of drug-likeness (QED) is 0.887. The third kappa shape index (κ3) is 4.38. The molecule has 2 fully saturated rings. The molecule has 6 heteroatoms. The zero-order valence-corrected chi connectivity index (χ0v) is 14.6. The standard InChI is InChI=1S/C18H28N4O2/c1-13-3-6-17(19-12-13)22-9-7-14(8-10-22)20-18(23)21-15-4-5-16(11-15)24-2/h3,6,12,14-16H,4-5,7-11H2,1-2H3,(H2,20,21,23)/t15-,16+/m0/s1. The van der Waals surface area contributed by atoms with E-state index in [0.717, 1.165) is 51.0 Å². The number of aryl methyl sites for hydroxylation is 1. The molecular weight excluding hydrogens is 304 g/mol. The van der Waals surface area contributed by atoms with Crippen LogP contribution >= 0.6 is 0 Å². The topological polar surface area (TPSA) is 66.5 Å². The van der Waals surface area contributed by atoms with E-state index in [0.29, 0.717) is 6.10 Å². The largest absolute Gasteiger partial charge is 0.381 e. The van der Waals surface area contributed by atoms with Gasteiger partial charge in [-0.3, -0.25) is 0 Å². The first-order valence-corrected chi connectivity index (χ1v) is 8.91. The first kappa shape index (κ1) is 17.0. The summed E-state index contributed by atoms with van der Waals surface area (Å²) in [6.07, 6.45) is 7.06. The Balaban J connectivity index is 1.40. The fraction of sp³-hybridized carbons (Fsp3) is 0.667. The van der Waals surface area contributed by atoms with Crippen molar-refractivity contribution in [3.63, 3.8) is 0 Å². The monoisotopic (exact) mass is 332 g/mol. The van der Waals surface area contributed by atoms with Crippen LogP contribution in [0.2, 0.25) is 0 Å². The maximum absolute atomic E-state index is 12.2. The van der Waals surface area contributed by atoms with Gasteiger partial charge in [0, 0.05) is 38.5 Å². The molecule has 132 valence electrons. The van der Waals surface area contributed by atoms with Crippen molar-refractivity contribution < 1.29 is 9.53 Å². The molecule has 0 bridgehead atoms. The van der Waals surface area contributed by atoms with Crippen LogP contribution in [0, 0.1) is 6.92 Å². The summed E-state index contributed by atoms with van der Waals surface area (Å²) in [5.41, 5.74) is 1.18. The molecule has 0 spiro atoms. The lowest BCUT2D eigenvalue weighted by Gasteiger charge is -2.33. The number of pyridine rings is 1. The van der Waals surface area contributed by atoms with E-state index in [1.165, 1.54) is 5.56 Å². The smallest absolute Gasteiger partial charge is 0.315 e. The Morgan fingerprint density at radius 2 is 1.92 bits per heavy atom. The number of urea groups is 1. The lowest BCUT2D eigenvalue weighted by Crippen LogP contribution is -2.50. The van der Waals surface area contributed by atoms with E-state index >= 15 is 0 Å². The molecule has 1 saturated carbocycles. The van der Waals surface area contributed by atoms with Gasteiger partial charge in [-0.2, -0.15) is 0 Å². The molecule has 2 aliphatic rings. The molecule has 1 aromatic heterocycles. The van der Waals surface area contributed by atoms with Crippen LogP contribution in [0.4, 0.5) is 10.6 Å². The summed E-state index contributed by atoms with van der Waals surface area (Å²) in [4.78, 5) is 18.9. The average molecular weight is 332 g/mol. The summed E-state index contributed by atoms with van der Waals surface area (Å²) in [5, 5.41) is 6.21. The number of piperidine rings is 1. The molecule has 2 heterocycles. The Hall–Kier alpha value is -1.82. The zero-order chi connectivity index (χ0) is 16.9. The third-order valence-electron chi connectivity index (χ3n) is 5.10. The number of methoxy groups -OCH3 is 1. The number of hydrogen-bond donors (Lipinski definition) is 2. The predicted molar refractivity (Wildman–Crippen MR) is 94.3 cm³/mol. The highest BCUT2D eigenvalue weighted by atomic mass is 16.5. The second kappa shape index (κ2) is 7.83. The van der Waals surface area contributed by atoms with Crippen molar-refractivity contribution >= 4 is 11.8 Å². The van der Waals surface area contributed by atoms with Crippen molar-refractivity contribution in [1.82, 2.24) is 15.6 Å². The first-order valence-electron chi connectivity index (χ1n) is 8.91. The van der Waals surface area contributed by atoms with Gasteiger partial charge < -0.3 is 20.3 Å². The van der Waals surface area contributed by atoms with E-state index in [-0.39, 0.29) is 18.1 Å². The molecule has 24 heavy (non-hydrogen) atoms. The third-order valence-corrected chi connectivity index (χ3v) is 5.10. The first-order chi connectivity index (χ1) is 11.6. The summed E-state index contributed by atoms with van der Waals surface area (Å²) >= 11 is 0. The lowest BCUT2D eigenvalue weighted by molar-refractivity contribution is 0.107. The van der Waals surface area contributed by atoms with E-state index in [1.54, 1.807) is 7.11 Å². The van der Waals surface area contributed by atoms with E-state index in [1.807, 2.05) is 13.1 Å². The van der Waals surface area contributed by atoms with Crippen molar-refractivity contribution in [2.75, 3.05) is 25.1 Å². The Morgan fingerprint density at radius 3 is 2.54 bits per heavy atom. The maximum Gasteiger partial charge on any atom is 0.315 e. The van der Waals surface area contributed by atoms with Gasteiger partial charge in [0.25, 0.3) is 0 Å². The minimum atomic E-state index is -0.0383. The van der Waals surface area contributed by atoms with Crippen LogP contribution in [0.15, 0.2) is 18.3 Å². The van der Waals surface area contributed by atoms with Gasteiger partial charge in [0.15, 0.2) is 0 Å². The summed E-state index contributed by atoms with van der Waals surface area (Å²) in [6, 6.07) is 4.61. The predicted octanol–water partition coefficient (Wildman–Crippen LogP) is 2.23. The minimum Gasteiger partial charge on any atom is -0.381 e. The number of nitrogens with zero attached hydrogens (tertiary/aromatic N) is 2. The Bertz CT molecular complexity index is 540. The second-order valence-electron chi connectivity index (χ2n) is 6.94. The van der Waals surface area contributed by atoms with Crippen molar-refractivity contribution in [2.24, 2.45) is 0 Å². The number of ether oxygens (including phenoxy) is 1. The summed E-state index contributed by atoms with van der Waals surface area (Å²) < 4.78 is 5.35. The molecule has 0 aromatic carbocycles. The van der Waals surface area contributed by atoms with E-state index in [2.05, 4.69) is 32.7 Å². The molecule has 1 aliphatic carbocycles. The van der Waals surface area contributed by atoms with Crippen molar-refractivity contribution in [3.05, 3.63) is 23.9 Å². The van der Waals surface area contributed by atoms with Crippen LogP contribution in [0.5, 0.6) is 0 Å². The van der Waals surface area contributed by atoms with Crippen LogP contribution in [-0.4, -0.2) is 49.4 Å². The van der Waals surface area contributed by atoms with Crippen molar-refractivity contribution in [3.8, 4) is 0 Å². The number of hydrogen-bond acceptors (Lipinski definition) is 4. The molecule has 1 aliphatic heterocycles. The van der Waals surface area contributed by atoms with Crippen LogP contribution < -0.4 is 15.5 Å². The van der Waals surface area contributed by atoms with Crippen LogP contribution in [0.3, 0.4) is 0 Å². The molecule has 2 amide bonds. The van der Waals surface area contributed by atoms with Crippen LogP contribution in [-0.2, 0) is 4.74 Å². The lowest BCUT2D eigenvalue weighted by atomic mass is 10.1. The van der Waals surface area contributed by atoms with E-state index in [9.17, 15) is 4.79 Å². The summed E-state index contributed by atoms with van der Waals surface area (Å²) in [6.45, 7) is 3.90. The number of carbonyl (C=O) groups excluding carboxylic acids is 1. The second-order valence-corrected chi connectivity index (χ2v) is 6.94. The summed E-state index contributed by atoms with van der Waals surface area (Å²) in [5.74, 6) is 1.03. The summed E-state index contributed by atoms with van der Waals surface area (Å²) in [7, 11) is 1.74. The van der Waals surface area contributed by atoms with Gasteiger partial charge in [-0.25, -0.2) is 9.78 Å². The molecular formula is C18H28N4O2. The number of rotatable bonds is 4. The fourth-order valence-electron chi connectivity index (χ4n) is 3.60. The zero-order valence-electron chi connectivity index (χ0n) is 14.6. The highest BCUT2D eigenvalue weighted by molar-refractivity contribution is 5.74. The number of aromatic nitrogens is 1. The molecule has 0 unspecified atom stereocenters. The van der Waals surface area contributed by atoms with Gasteiger partial charge in [0.1, 0.15) is 5.82 Å². The molecule has 0 radical (unpaired) electrons. The van der Waals surface area contributed by atoms with E-state index in [4.69, 9.17) is 4.74 Å². The van der Waals surface area contributed by atoms with Gasteiger partial charge >= 0.3 is 6.03 Å². The number of carbonyl (C=O) groups is 1. The normalized spacial score (nSPS) is 24.8. The Labute approximate surface area is 144 Å². The molecule has 2 atom stereocenters. The molecule has 2 N–H and O–H groups in total. The highest BCUT2D eigenvalue weighted by Gasteiger charge is 2.27. The highest BCUT2D eigenvalue weighted by Crippen LogP contribution is 2.21. The average Bonchev–Trinajstić information content (AvgIpc) is 3.04. The van der Waals surface area contributed by atoms with Crippen LogP contribution in [0.1, 0.15) is 37.7 Å².